The Labute approximate surface area is 75.4 Å². The molecule has 4 nitrogen and oxygen atoms in total. The molecule has 1 aromatic rings. The lowest BCUT2D eigenvalue weighted by atomic mass is 10.0. The van der Waals surface area contributed by atoms with E-state index in [-0.39, 0.29) is 11.7 Å². The summed E-state index contributed by atoms with van der Waals surface area (Å²) in [5.41, 5.74) is 7.28. The molecule has 4 heteroatoms. The molecular formula is C9H10N2O2. The Hall–Kier alpha value is -1.71. The second-order valence-corrected chi connectivity index (χ2v) is 3.08. The highest BCUT2D eigenvalue weighted by atomic mass is 16.3. The van der Waals surface area contributed by atoms with Crippen LogP contribution in [0.5, 0.6) is 5.75 Å². The second kappa shape index (κ2) is 2.65. The second-order valence-electron chi connectivity index (χ2n) is 3.08. The van der Waals surface area contributed by atoms with E-state index in [4.69, 9.17) is 5.73 Å². The Kier molecular flexibility index (Phi) is 1.62. The van der Waals surface area contributed by atoms with E-state index in [1.807, 2.05) is 0 Å². The molecule has 0 atom stereocenters. The summed E-state index contributed by atoms with van der Waals surface area (Å²) in [6.07, 6.45) is 0.960. The molecule has 1 aliphatic rings. The van der Waals surface area contributed by atoms with E-state index < -0.39 is 0 Å². The van der Waals surface area contributed by atoms with Crippen LogP contribution in [-0.4, -0.2) is 11.0 Å². The van der Waals surface area contributed by atoms with E-state index in [1.54, 1.807) is 12.1 Å². The van der Waals surface area contributed by atoms with Gasteiger partial charge in [0.15, 0.2) is 0 Å². The van der Waals surface area contributed by atoms with Gasteiger partial charge in [-0.05, 0) is 18.6 Å². The number of rotatable bonds is 0. The van der Waals surface area contributed by atoms with Gasteiger partial charge in [0.25, 0.3) is 0 Å². The number of benzene rings is 1. The number of aromatic hydroxyl groups is 1. The van der Waals surface area contributed by atoms with Crippen LogP contribution in [-0.2, 0) is 11.2 Å². The Morgan fingerprint density at radius 1 is 1.38 bits per heavy atom. The fraction of sp³-hybridized carbons (Fsp3) is 0.222. The molecule has 1 amide bonds. The number of nitrogen functional groups attached to an aromatic ring is 1. The Morgan fingerprint density at radius 2 is 2.15 bits per heavy atom. The maximum absolute atomic E-state index is 11.0. The van der Waals surface area contributed by atoms with Crippen LogP contribution in [0.2, 0.25) is 0 Å². The van der Waals surface area contributed by atoms with E-state index in [2.05, 4.69) is 5.32 Å². The van der Waals surface area contributed by atoms with Crippen LogP contribution in [0.1, 0.15) is 12.0 Å². The first-order valence-electron chi connectivity index (χ1n) is 4.08. The normalized spacial score (nSPS) is 14.9. The maximum Gasteiger partial charge on any atom is 0.224 e. The third-order valence-corrected chi connectivity index (χ3v) is 2.19. The number of fused-ring (bicyclic) bond motifs is 1. The molecule has 4 N–H and O–H groups in total. The van der Waals surface area contributed by atoms with Gasteiger partial charge in [-0.3, -0.25) is 4.79 Å². The largest absolute Gasteiger partial charge is 0.505 e. The van der Waals surface area contributed by atoms with Crippen molar-refractivity contribution < 1.29 is 9.90 Å². The van der Waals surface area contributed by atoms with Gasteiger partial charge in [0.1, 0.15) is 5.75 Å². The summed E-state index contributed by atoms with van der Waals surface area (Å²) in [5, 5.41) is 12.2. The maximum atomic E-state index is 11.0. The number of phenols is 1. The lowest BCUT2D eigenvalue weighted by Crippen LogP contribution is -2.19. The van der Waals surface area contributed by atoms with Gasteiger partial charge in [-0.15, -0.1) is 0 Å². The van der Waals surface area contributed by atoms with Gasteiger partial charge >= 0.3 is 0 Å². The molecule has 0 saturated carbocycles. The number of carbonyl (C=O) groups excluding carboxylic acids is 1. The molecule has 0 unspecified atom stereocenters. The monoisotopic (exact) mass is 178 g/mol. The molecule has 0 saturated heterocycles. The standard InChI is InChI=1S/C9H10N2O2/c10-6-2-3-7-5(9(6)13)1-4-8(12)11-7/h2-3,13H,1,4,10H2,(H,11,12). The topological polar surface area (TPSA) is 75.3 Å². The van der Waals surface area contributed by atoms with Crippen molar-refractivity contribution in [2.24, 2.45) is 0 Å². The number of nitrogens with two attached hydrogens (primary N) is 1. The summed E-state index contributed by atoms with van der Waals surface area (Å²) in [7, 11) is 0. The fourth-order valence-electron chi connectivity index (χ4n) is 1.48. The molecule has 0 spiro atoms. The number of phenolic OH excluding ortho intramolecular Hbond substituents is 1. The zero-order valence-electron chi connectivity index (χ0n) is 7.00. The smallest absolute Gasteiger partial charge is 0.224 e. The third-order valence-electron chi connectivity index (χ3n) is 2.19. The summed E-state index contributed by atoms with van der Waals surface area (Å²) >= 11 is 0. The van der Waals surface area contributed by atoms with E-state index >= 15 is 0 Å². The van der Waals surface area contributed by atoms with E-state index in [0.717, 1.165) is 5.56 Å². The van der Waals surface area contributed by atoms with Crippen molar-refractivity contribution in [1.82, 2.24) is 0 Å². The van der Waals surface area contributed by atoms with E-state index in [0.29, 0.717) is 24.2 Å². The Morgan fingerprint density at radius 3 is 2.92 bits per heavy atom. The van der Waals surface area contributed by atoms with Crippen molar-refractivity contribution in [2.75, 3.05) is 11.1 Å². The molecule has 1 heterocycles. The average molecular weight is 178 g/mol. The lowest BCUT2D eigenvalue weighted by Gasteiger charge is -2.18. The first-order chi connectivity index (χ1) is 6.18. The third kappa shape index (κ3) is 1.20. The molecule has 13 heavy (non-hydrogen) atoms. The molecule has 1 aliphatic heterocycles. The molecule has 0 bridgehead atoms. The molecule has 0 fully saturated rings. The van der Waals surface area contributed by atoms with E-state index in [1.165, 1.54) is 0 Å². The van der Waals surface area contributed by atoms with Crippen molar-refractivity contribution in [3.63, 3.8) is 0 Å². The highest BCUT2D eigenvalue weighted by molar-refractivity contribution is 5.95. The number of carbonyl (C=O) groups is 1. The van der Waals surface area contributed by atoms with Crippen molar-refractivity contribution in [1.29, 1.82) is 0 Å². The first-order valence-corrected chi connectivity index (χ1v) is 4.08. The zero-order valence-corrected chi connectivity index (χ0v) is 7.00. The van der Waals surface area contributed by atoms with Gasteiger partial charge in [-0.1, -0.05) is 0 Å². The van der Waals surface area contributed by atoms with Gasteiger partial charge in [-0.25, -0.2) is 0 Å². The highest BCUT2D eigenvalue weighted by Crippen LogP contribution is 2.34. The molecule has 0 aliphatic carbocycles. The number of hydrogen-bond acceptors (Lipinski definition) is 3. The molecule has 2 rings (SSSR count). The van der Waals surface area contributed by atoms with Gasteiger partial charge in [0.2, 0.25) is 5.91 Å². The Balaban J connectivity index is 2.53. The number of anilines is 2. The van der Waals surface area contributed by atoms with Crippen LogP contribution in [0.4, 0.5) is 11.4 Å². The van der Waals surface area contributed by atoms with Crippen molar-refractivity contribution >= 4 is 17.3 Å². The lowest BCUT2D eigenvalue weighted by molar-refractivity contribution is -0.116. The van der Waals surface area contributed by atoms with Gasteiger partial charge in [-0.2, -0.15) is 0 Å². The van der Waals surface area contributed by atoms with Gasteiger partial charge in [0, 0.05) is 17.7 Å². The number of nitrogens with one attached hydrogen (secondary N) is 1. The minimum Gasteiger partial charge on any atom is -0.505 e. The average Bonchev–Trinajstić information content (AvgIpc) is 2.12. The zero-order chi connectivity index (χ0) is 9.42. The van der Waals surface area contributed by atoms with Crippen molar-refractivity contribution in [3.05, 3.63) is 17.7 Å². The molecular weight excluding hydrogens is 168 g/mol. The minimum absolute atomic E-state index is 0.0170. The van der Waals surface area contributed by atoms with Crippen LogP contribution >= 0.6 is 0 Å². The fourth-order valence-corrected chi connectivity index (χ4v) is 1.48. The molecule has 1 aromatic carbocycles. The van der Waals surface area contributed by atoms with Crippen LogP contribution in [0.15, 0.2) is 12.1 Å². The first kappa shape index (κ1) is 7.91. The Bertz CT molecular complexity index is 374. The quantitative estimate of drug-likeness (QED) is 0.407. The van der Waals surface area contributed by atoms with Crippen molar-refractivity contribution in [3.8, 4) is 5.75 Å². The molecule has 0 radical (unpaired) electrons. The van der Waals surface area contributed by atoms with Gasteiger partial charge in [0.05, 0.1) is 5.69 Å². The number of amides is 1. The molecule has 68 valence electrons. The van der Waals surface area contributed by atoms with Crippen molar-refractivity contribution in [2.45, 2.75) is 12.8 Å². The summed E-state index contributed by atoms with van der Waals surface area (Å²) in [5.74, 6) is 0.0779. The van der Waals surface area contributed by atoms with Crippen LogP contribution in [0, 0.1) is 0 Å². The number of hydrogen-bond donors (Lipinski definition) is 3. The van der Waals surface area contributed by atoms with Crippen LogP contribution in [0.3, 0.4) is 0 Å². The summed E-state index contributed by atoms with van der Waals surface area (Å²) in [6, 6.07) is 3.29. The predicted molar refractivity (Wildman–Crippen MR) is 49.5 cm³/mol. The highest BCUT2D eigenvalue weighted by Gasteiger charge is 2.18. The molecule has 0 aromatic heterocycles. The summed E-state index contributed by atoms with van der Waals surface area (Å²) in [4.78, 5) is 11.0. The summed E-state index contributed by atoms with van der Waals surface area (Å²) < 4.78 is 0. The van der Waals surface area contributed by atoms with E-state index in [9.17, 15) is 9.90 Å². The SMILES string of the molecule is Nc1ccc2c(c1O)CCC(=O)N2. The minimum atomic E-state index is -0.0170. The predicted octanol–water partition coefficient (Wildman–Crippen LogP) is 0.859. The van der Waals surface area contributed by atoms with Gasteiger partial charge < -0.3 is 16.2 Å². The van der Waals surface area contributed by atoms with Crippen LogP contribution < -0.4 is 11.1 Å². The van der Waals surface area contributed by atoms with Crippen LogP contribution in [0.25, 0.3) is 0 Å². The summed E-state index contributed by atoms with van der Waals surface area (Å²) in [6.45, 7) is 0.